The highest BCUT2D eigenvalue weighted by Gasteiger charge is 2.21. The van der Waals surface area contributed by atoms with Gasteiger partial charge in [0.05, 0.1) is 6.07 Å². The number of nitrogens with zero attached hydrogens (tertiary/aromatic N) is 2. The van der Waals surface area contributed by atoms with Crippen LogP contribution in [0.5, 0.6) is 0 Å². The van der Waals surface area contributed by atoms with Gasteiger partial charge >= 0.3 is 0 Å². The molecular weight excluding hydrogens is 534 g/mol. The Morgan fingerprint density at radius 2 is 1.45 bits per heavy atom. The zero-order valence-corrected chi connectivity index (χ0v) is 26.6. The number of hydrogen-bond donors (Lipinski definition) is 1. The van der Waals surface area contributed by atoms with Crippen LogP contribution in [0.2, 0.25) is 0 Å². The normalized spacial score (nSPS) is 13.1. The molecule has 5 rings (SSSR count). The van der Waals surface area contributed by atoms with Crippen molar-refractivity contribution in [3.05, 3.63) is 153 Å². The molecule has 44 heavy (non-hydrogen) atoms. The molecule has 0 amide bonds. The number of nitriles is 1. The summed E-state index contributed by atoms with van der Waals surface area (Å²) in [4.78, 5) is 2.57. The fraction of sp³-hybridized carbons (Fsp3) is 0.341. The molecule has 1 unspecified atom stereocenters. The van der Waals surface area contributed by atoms with Gasteiger partial charge in [-0.3, -0.25) is 4.90 Å². The Balaban J connectivity index is 1.40. The number of rotatable bonds is 14. The Bertz CT molecular complexity index is 1630. The first-order valence-electron chi connectivity index (χ1n) is 16.3. The number of benzene rings is 4. The van der Waals surface area contributed by atoms with Crippen molar-refractivity contribution in [1.82, 2.24) is 4.90 Å². The second-order valence-corrected chi connectivity index (χ2v) is 12.7. The predicted molar refractivity (Wildman–Crippen MR) is 184 cm³/mol. The summed E-state index contributed by atoms with van der Waals surface area (Å²) in [6.45, 7) is 10.8. The van der Waals surface area contributed by atoms with E-state index in [0.717, 1.165) is 51.7 Å². The average Bonchev–Trinajstić information content (AvgIpc) is 3.52. The van der Waals surface area contributed by atoms with Gasteiger partial charge < -0.3 is 5.73 Å². The number of aryl methyl sites for hydroxylation is 7. The van der Waals surface area contributed by atoms with Gasteiger partial charge in [-0.05, 0) is 110 Å². The summed E-state index contributed by atoms with van der Waals surface area (Å²) in [5.74, 6) is 0. The van der Waals surface area contributed by atoms with Crippen LogP contribution in [0.1, 0.15) is 68.5 Å². The topological polar surface area (TPSA) is 53.1 Å². The summed E-state index contributed by atoms with van der Waals surface area (Å²) in [7, 11) is 0. The first-order valence-corrected chi connectivity index (χ1v) is 16.3. The van der Waals surface area contributed by atoms with Gasteiger partial charge in [0.25, 0.3) is 0 Å². The highest BCUT2D eigenvalue weighted by molar-refractivity contribution is 5.44. The van der Waals surface area contributed by atoms with Gasteiger partial charge in [-0.15, -0.1) is 0 Å². The summed E-state index contributed by atoms with van der Waals surface area (Å²) in [5, 5.41) is 9.42. The molecule has 0 aromatic heterocycles. The SMILES string of the molecule is C=C(C#N)C(N)CCN(Cc1ccccc1CCc1cccc(C)c1)Cc1c(CCc2cccc(C)c2)ccc2c1CCC2. The molecule has 0 bridgehead atoms. The van der Waals surface area contributed by atoms with Crippen molar-refractivity contribution < 1.29 is 0 Å². The van der Waals surface area contributed by atoms with Gasteiger partial charge in [0.1, 0.15) is 0 Å². The fourth-order valence-corrected chi connectivity index (χ4v) is 6.73. The molecule has 0 saturated carbocycles. The van der Waals surface area contributed by atoms with Gasteiger partial charge in [-0.1, -0.05) is 103 Å². The van der Waals surface area contributed by atoms with Crippen LogP contribution in [0, 0.1) is 25.2 Å². The molecule has 1 aliphatic rings. The van der Waals surface area contributed by atoms with E-state index in [0.29, 0.717) is 12.0 Å². The maximum Gasteiger partial charge on any atom is 0.0957 e. The minimum Gasteiger partial charge on any atom is -0.323 e. The van der Waals surface area contributed by atoms with Crippen LogP contribution in [0.15, 0.2) is 97.1 Å². The summed E-state index contributed by atoms with van der Waals surface area (Å²) < 4.78 is 0. The predicted octanol–water partition coefficient (Wildman–Crippen LogP) is 8.16. The third-order valence-corrected chi connectivity index (χ3v) is 9.27. The van der Waals surface area contributed by atoms with Crippen molar-refractivity contribution in [2.75, 3.05) is 6.54 Å². The molecule has 226 valence electrons. The lowest BCUT2D eigenvalue weighted by molar-refractivity contribution is 0.247. The second-order valence-electron chi connectivity index (χ2n) is 12.7. The van der Waals surface area contributed by atoms with Gasteiger partial charge in [-0.25, -0.2) is 0 Å². The second kappa shape index (κ2) is 15.2. The van der Waals surface area contributed by atoms with Gasteiger partial charge in [0.15, 0.2) is 0 Å². The van der Waals surface area contributed by atoms with Crippen molar-refractivity contribution in [2.45, 2.75) is 84.3 Å². The van der Waals surface area contributed by atoms with Crippen LogP contribution in [0.4, 0.5) is 0 Å². The molecule has 3 heteroatoms. The van der Waals surface area contributed by atoms with Crippen LogP contribution in [0.3, 0.4) is 0 Å². The summed E-state index contributed by atoms with van der Waals surface area (Å²) in [5.41, 5.74) is 21.1. The third-order valence-electron chi connectivity index (χ3n) is 9.27. The van der Waals surface area contributed by atoms with E-state index in [1.54, 1.807) is 5.56 Å². The van der Waals surface area contributed by atoms with Crippen LogP contribution in [-0.2, 0) is 51.6 Å². The van der Waals surface area contributed by atoms with Crippen LogP contribution < -0.4 is 5.73 Å². The Morgan fingerprint density at radius 1 is 0.795 bits per heavy atom. The Labute approximate surface area is 265 Å². The molecule has 2 N–H and O–H groups in total. The van der Waals surface area contributed by atoms with E-state index in [1.165, 1.54) is 62.9 Å². The molecule has 4 aromatic carbocycles. The molecule has 3 nitrogen and oxygen atoms in total. The molecule has 0 radical (unpaired) electrons. The smallest absolute Gasteiger partial charge is 0.0957 e. The minimum absolute atomic E-state index is 0.318. The molecule has 0 saturated heterocycles. The van der Waals surface area contributed by atoms with Crippen LogP contribution in [0.25, 0.3) is 0 Å². The summed E-state index contributed by atoms with van der Waals surface area (Å²) in [6, 6.07) is 33.3. The number of fused-ring (bicyclic) bond motifs is 1. The fourth-order valence-electron chi connectivity index (χ4n) is 6.73. The first kappa shape index (κ1) is 31.5. The van der Waals surface area contributed by atoms with E-state index in [2.05, 4.69) is 116 Å². The minimum atomic E-state index is -0.318. The molecular formula is C41H47N3. The van der Waals surface area contributed by atoms with E-state index in [9.17, 15) is 5.26 Å². The van der Waals surface area contributed by atoms with Gasteiger partial charge in [0, 0.05) is 31.2 Å². The maximum absolute atomic E-state index is 9.42. The van der Waals surface area contributed by atoms with Gasteiger partial charge in [0.2, 0.25) is 0 Å². The maximum atomic E-state index is 9.42. The van der Waals surface area contributed by atoms with Crippen molar-refractivity contribution >= 4 is 0 Å². The highest BCUT2D eigenvalue weighted by Crippen LogP contribution is 2.31. The quantitative estimate of drug-likeness (QED) is 0.153. The summed E-state index contributed by atoms with van der Waals surface area (Å²) in [6.07, 6.45) is 8.41. The molecule has 0 fully saturated rings. The van der Waals surface area contributed by atoms with Gasteiger partial charge in [-0.2, -0.15) is 5.26 Å². The lowest BCUT2D eigenvalue weighted by Crippen LogP contribution is -2.31. The van der Waals surface area contributed by atoms with Crippen molar-refractivity contribution in [3.63, 3.8) is 0 Å². The van der Waals surface area contributed by atoms with Crippen LogP contribution in [-0.4, -0.2) is 17.5 Å². The van der Waals surface area contributed by atoms with Crippen molar-refractivity contribution in [2.24, 2.45) is 5.73 Å². The third kappa shape index (κ3) is 8.35. The van der Waals surface area contributed by atoms with Crippen molar-refractivity contribution in [1.29, 1.82) is 5.26 Å². The Hall–Kier alpha value is -3.97. The Morgan fingerprint density at radius 3 is 2.11 bits per heavy atom. The largest absolute Gasteiger partial charge is 0.323 e. The number of nitrogens with two attached hydrogens (primary N) is 1. The molecule has 0 aliphatic heterocycles. The molecule has 0 heterocycles. The van der Waals surface area contributed by atoms with E-state index in [-0.39, 0.29) is 6.04 Å². The van der Waals surface area contributed by atoms with E-state index < -0.39 is 0 Å². The van der Waals surface area contributed by atoms with E-state index in [1.807, 2.05) is 0 Å². The zero-order valence-electron chi connectivity index (χ0n) is 26.6. The lowest BCUT2D eigenvalue weighted by atomic mass is 9.92. The molecule has 4 aromatic rings. The Kier molecular flexibility index (Phi) is 10.8. The lowest BCUT2D eigenvalue weighted by Gasteiger charge is -2.28. The van der Waals surface area contributed by atoms with E-state index >= 15 is 0 Å². The number of hydrogen-bond acceptors (Lipinski definition) is 3. The van der Waals surface area contributed by atoms with Crippen LogP contribution >= 0.6 is 0 Å². The first-order chi connectivity index (χ1) is 21.4. The molecule has 1 atom stereocenters. The standard InChI is InChI=1S/C41H47N3/c1-30-9-6-11-33(25-30)17-19-35-13-4-5-14-38(35)28-44(24-23-41(43)32(3)27-42)29-40-37(22-21-36-15-8-16-39(36)40)20-18-34-12-7-10-31(2)26-34/h4-7,9-14,21-22,25-26,41H,3,8,15-20,23-24,28-29,43H2,1-2H3. The monoisotopic (exact) mass is 581 g/mol. The van der Waals surface area contributed by atoms with E-state index in [4.69, 9.17) is 5.73 Å². The summed E-state index contributed by atoms with van der Waals surface area (Å²) >= 11 is 0. The highest BCUT2D eigenvalue weighted by atomic mass is 15.1. The van der Waals surface area contributed by atoms with Crippen molar-refractivity contribution in [3.8, 4) is 6.07 Å². The molecule has 1 aliphatic carbocycles. The average molecular weight is 582 g/mol. The zero-order chi connectivity index (χ0) is 30.9. The molecule has 0 spiro atoms.